The van der Waals surface area contributed by atoms with E-state index in [4.69, 9.17) is 0 Å². The molecule has 3 rings (SSSR count). The summed E-state index contributed by atoms with van der Waals surface area (Å²) in [7, 11) is -3.89. The maximum atomic E-state index is 13.0. The minimum absolute atomic E-state index is 0.0571. The van der Waals surface area contributed by atoms with E-state index in [-0.39, 0.29) is 22.4 Å². The first-order chi connectivity index (χ1) is 12.5. The third-order valence-corrected chi connectivity index (χ3v) is 5.64. The van der Waals surface area contributed by atoms with Gasteiger partial charge in [-0.1, -0.05) is 12.1 Å². The van der Waals surface area contributed by atoms with E-state index in [2.05, 4.69) is 15.4 Å². The van der Waals surface area contributed by atoms with Crippen LogP contribution in [0.2, 0.25) is 0 Å². The monoisotopic (exact) mass is 377 g/mol. The van der Waals surface area contributed by atoms with Crippen molar-refractivity contribution in [3.8, 4) is 0 Å². The maximum absolute atomic E-state index is 13.0. The maximum Gasteiger partial charge on any atom is 0.261 e. The van der Waals surface area contributed by atoms with Gasteiger partial charge in [0.1, 0.15) is 5.82 Å². The van der Waals surface area contributed by atoms with Gasteiger partial charge in [0.05, 0.1) is 16.3 Å². The van der Waals surface area contributed by atoms with E-state index in [0.29, 0.717) is 5.69 Å². The zero-order valence-electron chi connectivity index (χ0n) is 14.0. The van der Waals surface area contributed by atoms with Gasteiger partial charge in [-0.2, -0.15) is 0 Å². The van der Waals surface area contributed by atoms with Gasteiger partial charge in [-0.15, -0.1) is 0 Å². The van der Waals surface area contributed by atoms with Gasteiger partial charge in [-0.3, -0.25) is 9.52 Å². The highest BCUT2D eigenvalue weighted by atomic mass is 32.2. The van der Waals surface area contributed by atoms with Crippen molar-refractivity contribution >= 4 is 27.3 Å². The van der Waals surface area contributed by atoms with Crippen molar-refractivity contribution in [3.05, 3.63) is 54.3 Å². The van der Waals surface area contributed by atoms with Crippen molar-refractivity contribution in [2.75, 3.05) is 23.1 Å². The second-order valence-electron chi connectivity index (χ2n) is 6.12. The Labute approximate surface area is 151 Å². The molecule has 1 saturated heterocycles. The van der Waals surface area contributed by atoms with E-state index in [1.54, 1.807) is 24.3 Å². The third kappa shape index (κ3) is 4.39. The van der Waals surface area contributed by atoms with Gasteiger partial charge >= 0.3 is 0 Å². The molecular weight excluding hydrogens is 357 g/mol. The minimum atomic E-state index is -3.89. The average molecular weight is 377 g/mol. The standard InChI is InChI=1S/C18H20FN3O3S/c19-14-5-7-15(8-6-14)26(24,25)22-17-4-2-1-3-16(17)21-18(23)13-9-11-20-12-10-13/h1-8,13,20,22H,9-12H2,(H,21,23). The number of piperidine rings is 1. The predicted octanol–water partition coefficient (Wildman–Crippen LogP) is 2.56. The summed E-state index contributed by atoms with van der Waals surface area (Å²) in [4.78, 5) is 12.4. The molecule has 0 saturated carbocycles. The number of nitrogens with one attached hydrogen (secondary N) is 3. The number of carbonyl (C=O) groups excluding carboxylic acids is 1. The molecular formula is C18H20FN3O3S. The molecule has 0 bridgehead atoms. The van der Waals surface area contributed by atoms with Crippen molar-refractivity contribution in [2.45, 2.75) is 17.7 Å². The molecule has 3 N–H and O–H groups in total. The minimum Gasteiger partial charge on any atom is -0.324 e. The van der Waals surface area contributed by atoms with Gasteiger partial charge in [0.25, 0.3) is 10.0 Å². The van der Waals surface area contributed by atoms with Crippen LogP contribution < -0.4 is 15.4 Å². The van der Waals surface area contributed by atoms with Crippen molar-refractivity contribution in [1.29, 1.82) is 0 Å². The number of anilines is 2. The number of para-hydroxylation sites is 2. The molecule has 0 spiro atoms. The largest absolute Gasteiger partial charge is 0.324 e. The number of hydrogen-bond donors (Lipinski definition) is 3. The first kappa shape index (κ1) is 18.3. The first-order valence-corrected chi connectivity index (χ1v) is 9.83. The highest BCUT2D eigenvalue weighted by Crippen LogP contribution is 2.26. The normalized spacial score (nSPS) is 15.4. The summed E-state index contributed by atoms with van der Waals surface area (Å²) in [5.41, 5.74) is 0.654. The molecule has 2 aromatic rings. The SMILES string of the molecule is O=C(Nc1ccccc1NS(=O)(=O)c1ccc(F)cc1)C1CCNCC1. The third-order valence-electron chi connectivity index (χ3n) is 4.26. The zero-order valence-corrected chi connectivity index (χ0v) is 14.9. The molecule has 26 heavy (non-hydrogen) atoms. The fraction of sp³-hybridized carbons (Fsp3) is 0.278. The molecule has 0 atom stereocenters. The predicted molar refractivity (Wildman–Crippen MR) is 97.9 cm³/mol. The number of carbonyl (C=O) groups is 1. The van der Waals surface area contributed by atoms with Gasteiger partial charge < -0.3 is 10.6 Å². The Hall–Kier alpha value is -2.45. The molecule has 2 aromatic carbocycles. The zero-order chi connectivity index (χ0) is 18.6. The summed E-state index contributed by atoms with van der Waals surface area (Å²) < 4.78 is 40.5. The highest BCUT2D eigenvalue weighted by Gasteiger charge is 2.22. The second-order valence-corrected chi connectivity index (χ2v) is 7.80. The summed E-state index contributed by atoms with van der Waals surface area (Å²) in [6.45, 7) is 1.58. The molecule has 0 aliphatic carbocycles. The number of sulfonamides is 1. The number of halogens is 1. The van der Waals surface area contributed by atoms with Crippen LogP contribution in [0.5, 0.6) is 0 Å². The summed E-state index contributed by atoms with van der Waals surface area (Å²) in [5.74, 6) is -0.739. The molecule has 1 aliphatic heterocycles. The molecule has 0 radical (unpaired) electrons. The lowest BCUT2D eigenvalue weighted by Gasteiger charge is -2.22. The Balaban J connectivity index is 1.78. The number of amides is 1. The van der Waals surface area contributed by atoms with E-state index in [1.165, 1.54) is 12.1 Å². The molecule has 8 heteroatoms. The molecule has 1 aliphatic rings. The van der Waals surface area contributed by atoms with Crippen LogP contribution in [0.3, 0.4) is 0 Å². The van der Waals surface area contributed by atoms with Gasteiger partial charge in [0, 0.05) is 5.92 Å². The lowest BCUT2D eigenvalue weighted by molar-refractivity contribution is -0.120. The van der Waals surface area contributed by atoms with Crippen LogP contribution in [-0.2, 0) is 14.8 Å². The summed E-state index contributed by atoms with van der Waals surface area (Å²) >= 11 is 0. The molecule has 0 aromatic heterocycles. The van der Waals surface area contributed by atoms with Crippen LogP contribution in [0.15, 0.2) is 53.4 Å². The quantitative estimate of drug-likeness (QED) is 0.747. The first-order valence-electron chi connectivity index (χ1n) is 8.35. The van der Waals surface area contributed by atoms with Gasteiger partial charge in [0.15, 0.2) is 0 Å². The van der Waals surface area contributed by atoms with Crippen molar-refractivity contribution < 1.29 is 17.6 Å². The summed E-state index contributed by atoms with van der Waals surface area (Å²) in [6, 6.07) is 11.1. The Morgan fingerprint density at radius 1 is 1.00 bits per heavy atom. The summed E-state index contributed by atoms with van der Waals surface area (Å²) in [5, 5.41) is 6.01. The fourth-order valence-corrected chi connectivity index (χ4v) is 3.90. The number of rotatable bonds is 5. The van der Waals surface area contributed by atoms with Crippen LogP contribution in [0, 0.1) is 11.7 Å². The molecule has 1 amide bonds. The number of benzene rings is 2. The van der Waals surface area contributed by atoms with Gasteiger partial charge in [-0.05, 0) is 62.3 Å². The molecule has 6 nitrogen and oxygen atoms in total. The van der Waals surface area contributed by atoms with Gasteiger partial charge in [-0.25, -0.2) is 12.8 Å². The van der Waals surface area contributed by atoms with E-state index in [0.717, 1.165) is 38.1 Å². The Morgan fingerprint density at radius 2 is 1.62 bits per heavy atom. The lowest BCUT2D eigenvalue weighted by atomic mass is 9.97. The van der Waals surface area contributed by atoms with Crippen LogP contribution in [0.25, 0.3) is 0 Å². The van der Waals surface area contributed by atoms with Crippen LogP contribution in [0.1, 0.15) is 12.8 Å². The lowest BCUT2D eigenvalue weighted by Crippen LogP contribution is -2.34. The average Bonchev–Trinajstić information content (AvgIpc) is 2.64. The molecule has 1 fully saturated rings. The van der Waals surface area contributed by atoms with Gasteiger partial charge in [0.2, 0.25) is 5.91 Å². The van der Waals surface area contributed by atoms with E-state index in [1.807, 2.05) is 0 Å². The summed E-state index contributed by atoms with van der Waals surface area (Å²) in [6.07, 6.45) is 1.49. The topological polar surface area (TPSA) is 87.3 Å². The highest BCUT2D eigenvalue weighted by molar-refractivity contribution is 7.92. The van der Waals surface area contributed by atoms with Crippen LogP contribution in [0.4, 0.5) is 15.8 Å². The smallest absolute Gasteiger partial charge is 0.261 e. The van der Waals surface area contributed by atoms with Crippen molar-refractivity contribution in [2.24, 2.45) is 5.92 Å². The second kappa shape index (κ2) is 7.84. The number of hydrogen-bond acceptors (Lipinski definition) is 4. The van der Waals surface area contributed by atoms with Crippen LogP contribution in [-0.4, -0.2) is 27.4 Å². The molecule has 0 unspecified atom stereocenters. The Morgan fingerprint density at radius 3 is 2.27 bits per heavy atom. The van der Waals surface area contributed by atoms with Crippen molar-refractivity contribution in [3.63, 3.8) is 0 Å². The molecule has 138 valence electrons. The fourth-order valence-electron chi connectivity index (χ4n) is 2.82. The molecule has 1 heterocycles. The van der Waals surface area contributed by atoms with Crippen molar-refractivity contribution in [1.82, 2.24) is 5.32 Å². The van der Waals surface area contributed by atoms with E-state index < -0.39 is 15.8 Å². The Bertz CT molecular complexity index is 879. The van der Waals surface area contributed by atoms with Crippen LogP contribution >= 0.6 is 0 Å². The van der Waals surface area contributed by atoms with E-state index >= 15 is 0 Å². The Kier molecular flexibility index (Phi) is 5.53. The van der Waals surface area contributed by atoms with E-state index in [9.17, 15) is 17.6 Å².